The van der Waals surface area contributed by atoms with Gasteiger partial charge in [0.15, 0.2) is 0 Å². The van der Waals surface area contributed by atoms with Crippen LogP contribution in [-0.4, -0.2) is 30.3 Å². The first-order valence-electron chi connectivity index (χ1n) is 7.20. The molecule has 0 aromatic carbocycles. The van der Waals surface area contributed by atoms with Crippen LogP contribution in [0.1, 0.15) is 32.4 Å². The molecule has 3 unspecified atom stereocenters. The third-order valence-electron chi connectivity index (χ3n) is 3.86. The number of nitrogens with one attached hydrogen (secondary N) is 1. The van der Waals surface area contributed by atoms with Crippen LogP contribution >= 0.6 is 15.9 Å². The first kappa shape index (κ1) is 14.9. The lowest BCUT2D eigenvalue weighted by Gasteiger charge is -2.27. The molecular weight excluding hydrogens is 304 g/mol. The zero-order chi connectivity index (χ0) is 13.7. The van der Waals surface area contributed by atoms with Gasteiger partial charge in [-0.3, -0.25) is 4.98 Å². The molecule has 2 rings (SSSR count). The Balaban J connectivity index is 2.04. The minimum absolute atomic E-state index is 0.402. The second kappa shape index (κ2) is 7.36. The summed E-state index contributed by atoms with van der Waals surface area (Å²) in [5.41, 5.74) is 1.15. The van der Waals surface area contributed by atoms with Gasteiger partial charge in [0.05, 0.1) is 6.10 Å². The normalized spacial score (nSPS) is 24.6. The predicted molar refractivity (Wildman–Crippen MR) is 81.2 cm³/mol. The highest BCUT2D eigenvalue weighted by atomic mass is 79.9. The monoisotopic (exact) mass is 326 g/mol. The second-order valence-electron chi connectivity index (χ2n) is 5.11. The summed E-state index contributed by atoms with van der Waals surface area (Å²) in [6.07, 6.45) is 5.51. The molecule has 1 aliphatic rings. The maximum atomic E-state index is 5.83. The largest absolute Gasteiger partial charge is 0.378 e. The van der Waals surface area contributed by atoms with Crippen LogP contribution in [-0.2, 0) is 11.2 Å². The summed E-state index contributed by atoms with van der Waals surface area (Å²) in [5.74, 6) is 0.607. The highest BCUT2D eigenvalue weighted by Gasteiger charge is 2.33. The van der Waals surface area contributed by atoms with Gasteiger partial charge in [0, 0.05) is 41.4 Å². The number of likely N-dealkylation sites (N-methyl/N-ethyl adjacent to an activating group) is 1. The average molecular weight is 327 g/mol. The van der Waals surface area contributed by atoms with E-state index in [1.54, 1.807) is 0 Å². The summed E-state index contributed by atoms with van der Waals surface area (Å²) in [7, 11) is 0. The topological polar surface area (TPSA) is 34.2 Å². The highest BCUT2D eigenvalue weighted by Crippen LogP contribution is 2.28. The molecule has 106 valence electrons. The number of ether oxygens (including phenoxy) is 1. The number of halogens is 1. The van der Waals surface area contributed by atoms with Crippen LogP contribution in [0.3, 0.4) is 0 Å². The van der Waals surface area contributed by atoms with E-state index in [0.717, 1.165) is 42.6 Å². The number of hydrogen-bond acceptors (Lipinski definition) is 3. The Bertz CT molecular complexity index is 382. The van der Waals surface area contributed by atoms with Crippen molar-refractivity contribution in [3.63, 3.8) is 0 Å². The Morgan fingerprint density at radius 3 is 2.95 bits per heavy atom. The van der Waals surface area contributed by atoms with Crippen LogP contribution in [0.25, 0.3) is 0 Å². The Hall–Kier alpha value is -0.450. The SMILES string of the molecule is CCNC(Cc1ccc(Br)cn1)C1CCOC1CC. The smallest absolute Gasteiger partial charge is 0.0616 e. The fourth-order valence-electron chi connectivity index (χ4n) is 2.94. The lowest BCUT2D eigenvalue weighted by atomic mass is 9.88. The molecule has 0 aliphatic carbocycles. The Kier molecular flexibility index (Phi) is 5.79. The van der Waals surface area contributed by atoms with Gasteiger partial charge in [0.25, 0.3) is 0 Å². The summed E-state index contributed by atoms with van der Waals surface area (Å²) in [6.45, 7) is 6.27. The van der Waals surface area contributed by atoms with Crippen molar-refractivity contribution in [3.8, 4) is 0 Å². The molecule has 0 spiro atoms. The van der Waals surface area contributed by atoms with Gasteiger partial charge in [-0.25, -0.2) is 0 Å². The average Bonchev–Trinajstić information content (AvgIpc) is 2.89. The van der Waals surface area contributed by atoms with E-state index in [1.165, 1.54) is 0 Å². The van der Waals surface area contributed by atoms with Crippen LogP contribution in [0.2, 0.25) is 0 Å². The van der Waals surface area contributed by atoms with E-state index in [2.05, 4.69) is 52.2 Å². The van der Waals surface area contributed by atoms with Crippen LogP contribution in [0.4, 0.5) is 0 Å². The van der Waals surface area contributed by atoms with E-state index in [-0.39, 0.29) is 0 Å². The fourth-order valence-corrected chi connectivity index (χ4v) is 3.17. The van der Waals surface area contributed by atoms with Crippen LogP contribution in [0, 0.1) is 5.92 Å². The number of hydrogen-bond donors (Lipinski definition) is 1. The van der Waals surface area contributed by atoms with Gasteiger partial charge in [-0.15, -0.1) is 0 Å². The molecular formula is C15H23BrN2O. The molecule has 1 saturated heterocycles. The molecule has 1 aliphatic heterocycles. The molecule has 0 saturated carbocycles. The maximum Gasteiger partial charge on any atom is 0.0616 e. The number of aromatic nitrogens is 1. The van der Waals surface area contributed by atoms with Crippen LogP contribution in [0.15, 0.2) is 22.8 Å². The zero-order valence-electron chi connectivity index (χ0n) is 11.7. The summed E-state index contributed by atoms with van der Waals surface area (Å²) in [5, 5.41) is 3.62. The lowest BCUT2D eigenvalue weighted by Crippen LogP contribution is -2.41. The van der Waals surface area contributed by atoms with Gasteiger partial charge < -0.3 is 10.1 Å². The third-order valence-corrected chi connectivity index (χ3v) is 4.33. The van der Waals surface area contributed by atoms with Crippen molar-refractivity contribution in [2.75, 3.05) is 13.2 Å². The Morgan fingerprint density at radius 2 is 2.32 bits per heavy atom. The van der Waals surface area contributed by atoms with E-state index in [9.17, 15) is 0 Å². The molecule has 3 atom stereocenters. The number of nitrogens with zero attached hydrogens (tertiary/aromatic N) is 1. The summed E-state index contributed by atoms with van der Waals surface area (Å²) in [6, 6.07) is 4.63. The van der Waals surface area contributed by atoms with E-state index >= 15 is 0 Å². The quantitative estimate of drug-likeness (QED) is 0.871. The van der Waals surface area contributed by atoms with Crippen molar-refractivity contribution in [2.24, 2.45) is 5.92 Å². The van der Waals surface area contributed by atoms with Gasteiger partial charge in [0.2, 0.25) is 0 Å². The first-order chi connectivity index (χ1) is 9.24. The molecule has 1 aromatic heterocycles. The first-order valence-corrected chi connectivity index (χ1v) is 7.99. The van der Waals surface area contributed by atoms with Gasteiger partial charge in [-0.1, -0.05) is 13.8 Å². The minimum Gasteiger partial charge on any atom is -0.378 e. The van der Waals surface area contributed by atoms with Gasteiger partial charge in [-0.2, -0.15) is 0 Å². The van der Waals surface area contributed by atoms with Crippen molar-refractivity contribution in [3.05, 3.63) is 28.5 Å². The van der Waals surface area contributed by atoms with E-state index in [4.69, 9.17) is 4.74 Å². The summed E-state index contributed by atoms with van der Waals surface area (Å²) < 4.78 is 6.87. The van der Waals surface area contributed by atoms with E-state index < -0.39 is 0 Å². The summed E-state index contributed by atoms with van der Waals surface area (Å²) >= 11 is 3.43. The molecule has 1 aromatic rings. The molecule has 0 bridgehead atoms. The van der Waals surface area contributed by atoms with Crippen LogP contribution < -0.4 is 5.32 Å². The number of pyridine rings is 1. The minimum atomic E-state index is 0.402. The molecule has 0 amide bonds. The predicted octanol–water partition coefficient (Wildman–Crippen LogP) is 3.18. The van der Waals surface area contributed by atoms with Crippen molar-refractivity contribution in [2.45, 2.75) is 45.3 Å². The van der Waals surface area contributed by atoms with Gasteiger partial charge in [-0.05, 0) is 47.4 Å². The van der Waals surface area contributed by atoms with Crippen LogP contribution in [0.5, 0.6) is 0 Å². The molecule has 2 heterocycles. The molecule has 1 N–H and O–H groups in total. The summed E-state index contributed by atoms with van der Waals surface area (Å²) in [4.78, 5) is 4.49. The van der Waals surface area contributed by atoms with E-state index in [1.807, 2.05) is 6.20 Å². The molecule has 19 heavy (non-hydrogen) atoms. The standard InChI is InChI=1S/C15H23BrN2O/c1-3-15-13(7-8-19-15)14(17-4-2)9-12-6-5-11(16)10-18-12/h5-6,10,13-15,17H,3-4,7-9H2,1-2H3. The zero-order valence-corrected chi connectivity index (χ0v) is 13.3. The lowest BCUT2D eigenvalue weighted by molar-refractivity contribution is 0.0775. The van der Waals surface area contributed by atoms with E-state index in [0.29, 0.717) is 18.1 Å². The van der Waals surface area contributed by atoms with Crippen molar-refractivity contribution < 1.29 is 4.74 Å². The fraction of sp³-hybridized carbons (Fsp3) is 0.667. The highest BCUT2D eigenvalue weighted by molar-refractivity contribution is 9.10. The van der Waals surface area contributed by atoms with Crippen molar-refractivity contribution >= 4 is 15.9 Å². The molecule has 4 heteroatoms. The Morgan fingerprint density at radius 1 is 1.47 bits per heavy atom. The third kappa shape index (κ3) is 4.01. The van der Waals surface area contributed by atoms with Crippen molar-refractivity contribution in [1.29, 1.82) is 0 Å². The van der Waals surface area contributed by atoms with Gasteiger partial charge in [0.1, 0.15) is 0 Å². The van der Waals surface area contributed by atoms with Gasteiger partial charge >= 0.3 is 0 Å². The maximum absolute atomic E-state index is 5.83. The van der Waals surface area contributed by atoms with Crippen molar-refractivity contribution in [1.82, 2.24) is 10.3 Å². The molecule has 0 radical (unpaired) electrons. The number of rotatable bonds is 6. The molecule has 3 nitrogen and oxygen atoms in total. The second-order valence-corrected chi connectivity index (χ2v) is 6.02. The molecule has 1 fully saturated rings. The Labute approximate surface area is 124 Å².